The zero-order valence-corrected chi connectivity index (χ0v) is 16.9. The highest BCUT2D eigenvalue weighted by atomic mass is 32.2. The lowest BCUT2D eigenvalue weighted by Crippen LogP contribution is -2.15. The Kier molecular flexibility index (Phi) is 6.95. The number of nitrogens with one attached hydrogen (secondary N) is 1. The van der Waals surface area contributed by atoms with Crippen LogP contribution >= 0.6 is 0 Å². The Morgan fingerprint density at radius 1 is 1.07 bits per heavy atom. The molecule has 2 aromatic carbocycles. The van der Waals surface area contributed by atoms with Gasteiger partial charge < -0.3 is 10.1 Å². The summed E-state index contributed by atoms with van der Waals surface area (Å²) in [6, 6.07) is 17.7. The third-order valence-electron chi connectivity index (χ3n) is 4.00. The molecule has 30 heavy (non-hydrogen) atoms. The molecule has 1 heterocycles. The van der Waals surface area contributed by atoms with Crippen LogP contribution in [0.4, 0.5) is 5.69 Å². The predicted octanol–water partition coefficient (Wildman–Crippen LogP) is 3.10. The maximum Gasteiger partial charge on any atom is 0.248 e. The second-order valence-corrected chi connectivity index (χ2v) is 8.16. The third-order valence-corrected chi connectivity index (χ3v) is 4.73. The van der Waals surface area contributed by atoms with Crippen LogP contribution < -0.4 is 15.2 Å². The standard InChI is InChI=1S/C22H21N3O4S/c23-30(27,28)16-18-3-1-5-20(13-18)25-22(26)11-8-17-6-9-21(10-7-17)29-15-19-4-2-12-24-14-19/h1-14H,15-16H2,(H,25,26)(H2,23,27,28)/b11-8+. The van der Waals surface area contributed by atoms with Gasteiger partial charge in [0.15, 0.2) is 0 Å². The van der Waals surface area contributed by atoms with E-state index in [4.69, 9.17) is 9.88 Å². The van der Waals surface area contributed by atoms with Gasteiger partial charge in [-0.3, -0.25) is 9.78 Å². The van der Waals surface area contributed by atoms with E-state index in [0.717, 1.165) is 11.1 Å². The molecule has 0 saturated carbocycles. The number of hydrogen-bond acceptors (Lipinski definition) is 5. The second-order valence-electron chi connectivity index (χ2n) is 6.55. The fourth-order valence-electron chi connectivity index (χ4n) is 2.65. The van der Waals surface area contributed by atoms with Gasteiger partial charge in [-0.1, -0.05) is 30.3 Å². The lowest BCUT2D eigenvalue weighted by Gasteiger charge is -2.06. The van der Waals surface area contributed by atoms with Crippen LogP contribution in [0.15, 0.2) is 79.1 Å². The summed E-state index contributed by atoms with van der Waals surface area (Å²) in [5, 5.41) is 7.75. The van der Waals surface area contributed by atoms with E-state index >= 15 is 0 Å². The van der Waals surface area contributed by atoms with Crippen LogP contribution in [0.3, 0.4) is 0 Å². The molecule has 1 aromatic heterocycles. The summed E-state index contributed by atoms with van der Waals surface area (Å²) in [5.74, 6) is 0.0914. The number of anilines is 1. The van der Waals surface area contributed by atoms with E-state index in [1.165, 1.54) is 6.08 Å². The number of sulfonamides is 1. The molecular weight excluding hydrogens is 402 g/mol. The first-order chi connectivity index (χ1) is 14.4. The van der Waals surface area contributed by atoms with Gasteiger partial charge in [0.05, 0.1) is 5.75 Å². The van der Waals surface area contributed by atoms with Crippen LogP contribution in [0.2, 0.25) is 0 Å². The number of hydrogen-bond donors (Lipinski definition) is 2. The first-order valence-electron chi connectivity index (χ1n) is 9.08. The zero-order chi connectivity index (χ0) is 21.4. The van der Waals surface area contributed by atoms with Crippen molar-refractivity contribution in [3.8, 4) is 5.75 Å². The van der Waals surface area contributed by atoms with Crippen LogP contribution in [0.25, 0.3) is 6.08 Å². The molecule has 3 aromatic rings. The number of nitrogens with two attached hydrogens (primary N) is 1. The summed E-state index contributed by atoms with van der Waals surface area (Å²) in [7, 11) is -3.63. The molecule has 0 radical (unpaired) electrons. The van der Waals surface area contributed by atoms with Crippen molar-refractivity contribution in [2.24, 2.45) is 5.14 Å². The van der Waals surface area contributed by atoms with E-state index in [9.17, 15) is 13.2 Å². The Morgan fingerprint density at radius 3 is 2.53 bits per heavy atom. The fourth-order valence-corrected chi connectivity index (χ4v) is 3.30. The molecule has 0 saturated heterocycles. The van der Waals surface area contributed by atoms with Crippen molar-refractivity contribution in [2.75, 3.05) is 5.32 Å². The van der Waals surface area contributed by atoms with Gasteiger partial charge in [-0.05, 0) is 47.5 Å². The van der Waals surface area contributed by atoms with Gasteiger partial charge in [0.25, 0.3) is 0 Å². The predicted molar refractivity (Wildman–Crippen MR) is 116 cm³/mol. The molecule has 0 spiro atoms. The number of ether oxygens (including phenoxy) is 1. The smallest absolute Gasteiger partial charge is 0.248 e. The lowest BCUT2D eigenvalue weighted by molar-refractivity contribution is -0.111. The molecule has 154 valence electrons. The minimum atomic E-state index is -3.63. The van der Waals surface area contributed by atoms with Gasteiger partial charge in [-0.25, -0.2) is 13.6 Å². The van der Waals surface area contributed by atoms with Crippen molar-refractivity contribution < 1.29 is 17.9 Å². The molecule has 0 atom stereocenters. The number of aromatic nitrogens is 1. The van der Waals surface area contributed by atoms with Gasteiger partial charge in [0.2, 0.25) is 15.9 Å². The first kappa shape index (κ1) is 21.2. The molecule has 3 rings (SSSR count). The Hall–Kier alpha value is -3.49. The highest BCUT2D eigenvalue weighted by Gasteiger charge is 2.06. The number of nitrogens with zero attached hydrogens (tertiary/aromatic N) is 1. The summed E-state index contributed by atoms with van der Waals surface area (Å²) in [5.41, 5.74) is 2.80. The van der Waals surface area contributed by atoms with E-state index in [1.807, 2.05) is 36.4 Å². The van der Waals surface area contributed by atoms with Crippen molar-refractivity contribution in [3.05, 3.63) is 95.8 Å². The highest BCUT2D eigenvalue weighted by molar-refractivity contribution is 7.88. The minimum absolute atomic E-state index is 0.290. The normalized spacial score (nSPS) is 11.4. The molecule has 7 nitrogen and oxygen atoms in total. The SMILES string of the molecule is NS(=O)(=O)Cc1cccc(NC(=O)/C=C/c2ccc(OCc3cccnc3)cc2)c1. The number of pyridine rings is 1. The molecule has 0 fully saturated rings. The maximum atomic E-state index is 12.1. The van der Waals surface area contributed by atoms with Gasteiger partial charge in [0.1, 0.15) is 12.4 Å². The molecule has 0 aliphatic heterocycles. The maximum absolute atomic E-state index is 12.1. The van der Waals surface area contributed by atoms with E-state index in [-0.39, 0.29) is 11.7 Å². The van der Waals surface area contributed by atoms with Gasteiger partial charge in [-0.2, -0.15) is 0 Å². The summed E-state index contributed by atoms with van der Waals surface area (Å²) < 4.78 is 28.1. The zero-order valence-electron chi connectivity index (χ0n) is 16.1. The molecule has 0 aliphatic carbocycles. The van der Waals surface area contributed by atoms with E-state index in [2.05, 4.69) is 10.3 Å². The van der Waals surface area contributed by atoms with Crippen molar-refractivity contribution in [1.82, 2.24) is 4.98 Å². The van der Waals surface area contributed by atoms with Gasteiger partial charge >= 0.3 is 0 Å². The number of primary sulfonamides is 1. The molecule has 0 bridgehead atoms. The van der Waals surface area contributed by atoms with Crippen LogP contribution in [0.1, 0.15) is 16.7 Å². The summed E-state index contributed by atoms with van der Waals surface area (Å²) >= 11 is 0. The van der Waals surface area contributed by atoms with Crippen molar-refractivity contribution in [3.63, 3.8) is 0 Å². The monoisotopic (exact) mass is 423 g/mol. The number of carbonyl (C=O) groups excluding carboxylic acids is 1. The van der Waals surface area contributed by atoms with Gasteiger partial charge in [-0.15, -0.1) is 0 Å². The second kappa shape index (κ2) is 9.82. The van der Waals surface area contributed by atoms with Crippen molar-refractivity contribution in [2.45, 2.75) is 12.4 Å². The number of carbonyl (C=O) groups is 1. The Morgan fingerprint density at radius 2 is 1.83 bits per heavy atom. The van der Waals surface area contributed by atoms with Crippen LogP contribution in [0, 0.1) is 0 Å². The fraction of sp³-hybridized carbons (Fsp3) is 0.0909. The van der Waals surface area contributed by atoms with E-state index in [0.29, 0.717) is 23.6 Å². The van der Waals surface area contributed by atoms with Crippen molar-refractivity contribution >= 4 is 27.7 Å². The van der Waals surface area contributed by atoms with E-state index < -0.39 is 10.0 Å². The molecule has 1 amide bonds. The number of amides is 1. The number of rotatable bonds is 8. The van der Waals surface area contributed by atoms with Gasteiger partial charge in [0, 0.05) is 29.7 Å². The highest BCUT2D eigenvalue weighted by Crippen LogP contribution is 2.16. The summed E-state index contributed by atoms with van der Waals surface area (Å²) in [6.07, 6.45) is 6.54. The van der Waals surface area contributed by atoms with Crippen molar-refractivity contribution in [1.29, 1.82) is 0 Å². The summed E-state index contributed by atoms with van der Waals surface area (Å²) in [6.45, 7) is 0.427. The third kappa shape index (κ3) is 7.16. The Bertz CT molecular complexity index is 1130. The quantitative estimate of drug-likeness (QED) is 0.541. The first-order valence-corrected chi connectivity index (χ1v) is 10.8. The number of benzene rings is 2. The van der Waals surface area contributed by atoms with E-state index in [1.54, 1.807) is 42.7 Å². The van der Waals surface area contributed by atoms with Crippen LogP contribution in [-0.4, -0.2) is 19.3 Å². The average molecular weight is 423 g/mol. The summed E-state index contributed by atoms with van der Waals surface area (Å²) in [4.78, 5) is 16.2. The van der Waals surface area contributed by atoms with Crippen LogP contribution in [-0.2, 0) is 27.2 Å². The Balaban J connectivity index is 1.54. The molecular formula is C22H21N3O4S. The lowest BCUT2D eigenvalue weighted by atomic mass is 10.2. The molecule has 0 aliphatic rings. The van der Waals surface area contributed by atoms with Crippen LogP contribution in [0.5, 0.6) is 5.75 Å². The topological polar surface area (TPSA) is 111 Å². The molecule has 0 unspecified atom stereocenters. The Labute approximate surface area is 175 Å². The molecule has 3 N–H and O–H groups in total. The minimum Gasteiger partial charge on any atom is -0.489 e. The average Bonchev–Trinajstić information content (AvgIpc) is 2.71. The molecule has 8 heteroatoms. The largest absolute Gasteiger partial charge is 0.489 e.